The summed E-state index contributed by atoms with van der Waals surface area (Å²) < 4.78 is 63.7. The van der Waals surface area contributed by atoms with Gasteiger partial charge in [-0.1, -0.05) is 83.9 Å². The molecule has 0 fully saturated rings. The van der Waals surface area contributed by atoms with Crippen LogP contribution in [-0.2, 0) is 37.2 Å². The first-order chi connectivity index (χ1) is 33.4. The quantitative estimate of drug-likeness (QED) is 0.0260. The Morgan fingerprint density at radius 1 is 0.671 bits per heavy atom. The summed E-state index contributed by atoms with van der Waals surface area (Å²) in [6.45, 7) is 6.71. The Balaban J connectivity index is 0.000000207. The van der Waals surface area contributed by atoms with Crippen LogP contribution in [0.3, 0.4) is 0 Å². The fourth-order valence-electron chi connectivity index (χ4n) is 7.35. The molecule has 0 saturated heterocycles. The number of carbonyl (C=O) groups excluding carboxylic acids is 2. The Hall–Kier alpha value is -5.96. The van der Waals surface area contributed by atoms with Crippen molar-refractivity contribution in [3.05, 3.63) is 108 Å². The van der Waals surface area contributed by atoms with E-state index in [1.807, 2.05) is 39.5 Å². The maximum Gasteiger partial charge on any atom is 0.459 e. The van der Waals surface area contributed by atoms with Crippen molar-refractivity contribution in [1.29, 1.82) is 0 Å². The highest BCUT2D eigenvalue weighted by Crippen LogP contribution is 2.48. The largest absolute Gasteiger partial charge is 0.468 e. The molecule has 70 heavy (non-hydrogen) atoms. The van der Waals surface area contributed by atoms with Crippen molar-refractivity contribution >= 4 is 84.9 Å². The van der Waals surface area contributed by atoms with Crippen LogP contribution in [-0.4, -0.2) is 89.5 Å². The minimum atomic E-state index is -3.94. The highest BCUT2D eigenvalue weighted by Gasteiger charge is 2.36. The second kappa shape index (κ2) is 22.9. The van der Waals surface area contributed by atoms with Crippen LogP contribution in [0, 0.1) is 11.8 Å². The van der Waals surface area contributed by atoms with E-state index in [-0.39, 0.29) is 65.4 Å². The summed E-state index contributed by atoms with van der Waals surface area (Å²) in [5.41, 5.74) is 13.5. The number of para-hydroxylation sites is 2. The molecule has 2 unspecified atom stereocenters. The third-order valence-corrected chi connectivity index (χ3v) is 14.4. The summed E-state index contributed by atoms with van der Waals surface area (Å²) >= 11 is 12.3. The molecule has 0 spiro atoms. The first-order valence-corrected chi connectivity index (χ1v) is 25.8. The molecule has 0 bridgehead atoms. The second-order valence-corrected chi connectivity index (χ2v) is 20.5. The van der Waals surface area contributed by atoms with E-state index < -0.39 is 39.5 Å². The van der Waals surface area contributed by atoms with Gasteiger partial charge in [0, 0.05) is 11.8 Å². The van der Waals surface area contributed by atoms with Crippen molar-refractivity contribution in [2.75, 3.05) is 31.8 Å². The molecule has 0 radical (unpaired) electrons. The molecule has 6 aromatic rings. The lowest BCUT2D eigenvalue weighted by atomic mass is 10.1. The molecular weight excluding hydrogens is 989 g/mol. The maximum atomic E-state index is 13.7. The Morgan fingerprint density at radius 2 is 1.09 bits per heavy atom. The van der Waals surface area contributed by atoms with Gasteiger partial charge in [0.25, 0.3) is 0 Å². The van der Waals surface area contributed by atoms with Gasteiger partial charge in [-0.25, -0.2) is 19.1 Å². The number of rotatable bonds is 19. The average Bonchev–Trinajstić information content (AvgIpc) is 4.15. The Kier molecular flexibility index (Phi) is 16.9. The Morgan fingerprint density at radius 3 is 1.49 bits per heavy atom. The number of hydrogen-bond donors (Lipinski definition) is 4. The number of allylic oxidation sites excluding steroid dienone is 2. The number of methoxy groups -OCH3 is 1. The highest BCUT2D eigenvalue weighted by molar-refractivity contribution is 7.52. The molecule has 2 aliphatic rings. The third-order valence-electron chi connectivity index (χ3n) is 10.6. The van der Waals surface area contributed by atoms with Crippen molar-refractivity contribution in [2.24, 2.45) is 11.8 Å². The van der Waals surface area contributed by atoms with Gasteiger partial charge in [-0.2, -0.15) is 30.1 Å². The number of ether oxygens (including phenoxy) is 2. The molecule has 372 valence electrons. The zero-order valence-corrected chi connectivity index (χ0v) is 41.9. The lowest BCUT2D eigenvalue weighted by Crippen LogP contribution is -2.36. The number of carbonyl (C=O) groups is 2. The Bertz CT molecular complexity index is 2950. The van der Waals surface area contributed by atoms with E-state index >= 15 is 0 Å². The minimum Gasteiger partial charge on any atom is -0.468 e. The topological polar surface area (TPSA) is 287 Å². The lowest BCUT2D eigenvalue weighted by molar-refractivity contribution is -0.149. The highest BCUT2D eigenvalue weighted by atomic mass is 35.5. The van der Waals surface area contributed by atoms with Crippen molar-refractivity contribution in [2.45, 2.75) is 70.8 Å². The number of hydrogen-bond acceptors (Lipinski definition) is 18. The van der Waals surface area contributed by atoms with Crippen LogP contribution in [0.1, 0.15) is 52.6 Å². The van der Waals surface area contributed by atoms with E-state index in [1.165, 1.54) is 14.0 Å². The molecule has 6 N–H and O–H groups in total. The number of fused-ring (bicyclic) bond motifs is 2. The number of nitrogens with two attached hydrogens (primary N) is 2. The van der Waals surface area contributed by atoms with Crippen molar-refractivity contribution in [3.8, 4) is 11.5 Å². The normalized spacial score (nSPS) is 20.1. The van der Waals surface area contributed by atoms with Gasteiger partial charge in [0.05, 0.1) is 51.2 Å². The van der Waals surface area contributed by atoms with Gasteiger partial charge in [-0.15, -0.1) is 0 Å². The van der Waals surface area contributed by atoms with Gasteiger partial charge in [0.15, 0.2) is 21.6 Å². The minimum absolute atomic E-state index is 0.0610. The van der Waals surface area contributed by atoms with E-state index in [9.17, 15) is 18.7 Å². The molecule has 22 nitrogen and oxygen atoms in total. The zero-order valence-electron chi connectivity index (χ0n) is 38.6. The van der Waals surface area contributed by atoms with Gasteiger partial charge in [-0.05, 0) is 64.8 Å². The van der Waals surface area contributed by atoms with Crippen molar-refractivity contribution < 1.29 is 46.3 Å². The lowest BCUT2D eigenvalue weighted by Gasteiger charge is -2.24. The summed E-state index contributed by atoms with van der Waals surface area (Å²) in [7, 11) is -6.60. The SMILES string of the molecule is CC(C)OC(=O)[C@H](C)NP(=O)(OC[C@@H]1C=C[C@H](n2cnc3c(Cl)nc(N)nc32)C1)Oc1ccccc1.COC(=O)[C@H](C)NP(=O)(OC[C@@H]1C=C[C@H](n2cnc3c(Cl)nc(N)nc32)C1)Oc1ccccc1. The number of halogens is 2. The van der Waals surface area contributed by atoms with Crippen molar-refractivity contribution in [1.82, 2.24) is 49.2 Å². The van der Waals surface area contributed by atoms with Crippen LogP contribution in [0.15, 0.2) is 97.6 Å². The molecule has 2 aliphatic carbocycles. The number of imidazole rings is 2. The number of esters is 2. The first kappa shape index (κ1) is 51.9. The van der Waals surface area contributed by atoms with E-state index in [4.69, 9.17) is 62.2 Å². The molecule has 0 amide bonds. The molecule has 8 rings (SSSR count). The predicted octanol–water partition coefficient (Wildman–Crippen LogP) is 7.85. The van der Waals surface area contributed by atoms with Gasteiger partial charge < -0.3 is 39.1 Å². The number of nitrogens with zero attached hydrogens (tertiary/aromatic N) is 8. The van der Waals surface area contributed by atoms with E-state index in [1.54, 1.807) is 88.0 Å². The molecular formula is C44H52Cl2N12O10P2. The molecule has 26 heteroatoms. The van der Waals surface area contributed by atoms with E-state index in [2.05, 4.69) is 40.1 Å². The zero-order chi connectivity index (χ0) is 50.2. The summed E-state index contributed by atoms with van der Waals surface area (Å²) in [5, 5.41) is 5.72. The standard InChI is InChI=1S/C23H28ClN6O5P.C21H24ClN6O5P/c1-14(2)34-22(31)15(3)29-36(32,35-18-7-5-4-6-8-18)33-12-16-9-10-17(11-16)30-13-26-19-20(24)27-23(25)28-21(19)30;1-13(20(29)31-2)27-34(30,33-16-6-4-3-5-7-16)32-11-14-8-9-15(10-14)28-12-24-17-18(22)25-21(23)26-19(17)28/h4-10,13-17H,11-12H2,1-3H3,(H,29,32)(H2,25,27,28);3-9,12-15H,10-11H2,1-2H3,(H,27,30)(H2,23,25,26)/t15-,16+,17-,36?;13-,14+,15-,34?/m00/s1. The van der Waals surface area contributed by atoms with Gasteiger partial charge in [0.1, 0.15) is 34.6 Å². The molecule has 8 atom stereocenters. The van der Waals surface area contributed by atoms with Crippen LogP contribution in [0.5, 0.6) is 11.5 Å². The number of nitrogens with one attached hydrogen (secondary N) is 2. The molecule has 4 aromatic heterocycles. The summed E-state index contributed by atoms with van der Waals surface area (Å²) in [6, 6.07) is 15.2. The number of aromatic nitrogens is 8. The van der Waals surface area contributed by atoms with Gasteiger partial charge in [-0.3, -0.25) is 18.6 Å². The van der Waals surface area contributed by atoms with Gasteiger partial charge >= 0.3 is 27.4 Å². The molecule has 4 heterocycles. The smallest absolute Gasteiger partial charge is 0.459 e. The first-order valence-electron chi connectivity index (χ1n) is 21.9. The Labute approximate surface area is 412 Å². The third kappa shape index (κ3) is 13.3. The summed E-state index contributed by atoms with van der Waals surface area (Å²) in [4.78, 5) is 49.1. The number of benzene rings is 2. The van der Waals surface area contributed by atoms with Crippen LogP contribution >= 0.6 is 38.7 Å². The molecule has 0 saturated carbocycles. The van der Waals surface area contributed by atoms with Crippen LogP contribution in [0.2, 0.25) is 10.3 Å². The van der Waals surface area contributed by atoms with Crippen LogP contribution in [0.25, 0.3) is 22.3 Å². The predicted molar refractivity (Wildman–Crippen MR) is 262 cm³/mol. The van der Waals surface area contributed by atoms with Crippen LogP contribution in [0.4, 0.5) is 11.9 Å². The fourth-order valence-corrected chi connectivity index (χ4v) is 10.9. The van der Waals surface area contributed by atoms with E-state index in [0.29, 0.717) is 46.7 Å². The van der Waals surface area contributed by atoms with Gasteiger partial charge in [0.2, 0.25) is 11.9 Å². The van der Waals surface area contributed by atoms with Crippen molar-refractivity contribution in [3.63, 3.8) is 0 Å². The fraction of sp³-hybridized carbons (Fsp3) is 0.364. The molecule has 2 aromatic carbocycles. The number of anilines is 2. The second-order valence-electron chi connectivity index (χ2n) is 16.4. The summed E-state index contributed by atoms with van der Waals surface area (Å²) in [5.74, 6) is -0.510. The summed E-state index contributed by atoms with van der Waals surface area (Å²) in [6.07, 6.45) is 12.1. The number of nitrogen functional groups attached to an aromatic ring is 2. The average molecular weight is 1040 g/mol. The van der Waals surface area contributed by atoms with Crippen LogP contribution < -0.4 is 30.7 Å². The maximum absolute atomic E-state index is 13.7. The molecule has 0 aliphatic heterocycles. The van der Waals surface area contributed by atoms with E-state index in [0.717, 1.165) is 0 Å². The monoisotopic (exact) mass is 1040 g/mol.